The summed E-state index contributed by atoms with van der Waals surface area (Å²) in [5.74, 6) is 0. The zero-order chi connectivity index (χ0) is 12.4. The van der Waals surface area contributed by atoms with Crippen molar-refractivity contribution in [2.45, 2.75) is 27.7 Å². The van der Waals surface area contributed by atoms with E-state index in [0.717, 1.165) is 0 Å². The molecule has 0 aliphatic rings. The van der Waals surface area contributed by atoms with Gasteiger partial charge in [-0.2, -0.15) is 0 Å². The van der Waals surface area contributed by atoms with Crippen molar-refractivity contribution in [1.29, 1.82) is 0 Å². The summed E-state index contributed by atoms with van der Waals surface area (Å²) in [6.07, 6.45) is 7.96. The summed E-state index contributed by atoms with van der Waals surface area (Å²) >= 11 is 0. The number of hydrogen-bond donors (Lipinski definition) is 0. The maximum Gasteiger partial charge on any atom is -0.0184 e. The van der Waals surface area contributed by atoms with Gasteiger partial charge in [0, 0.05) is 0 Å². The molecular formula is C16H22. The van der Waals surface area contributed by atoms with Crippen molar-refractivity contribution in [3.05, 3.63) is 66.3 Å². The minimum Gasteiger partial charge on any atom is -0.0990 e. The van der Waals surface area contributed by atoms with Crippen molar-refractivity contribution in [2.75, 3.05) is 0 Å². The molecule has 0 heteroatoms. The molecule has 0 heterocycles. The standard InChI is InChI=1S/C14H16.C2H6/c1-4-6-13(7-5-2)14-10-8-12(3)9-11-14;1-2/h4-11H,1H2,2-3H3;1-2H3/b7-5-,13-6+;. The molecule has 0 radical (unpaired) electrons. The van der Waals surface area contributed by atoms with Crippen LogP contribution in [0.4, 0.5) is 0 Å². The zero-order valence-electron chi connectivity index (χ0n) is 10.8. The van der Waals surface area contributed by atoms with Crippen LogP contribution in [0.5, 0.6) is 0 Å². The van der Waals surface area contributed by atoms with E-state index in [1.54, 1.807) is 0 Å². The Morgan fingerprint density at radius 2 is 1.69 bits per heavy atom. The molecular weight excluding hydrogens is 192 g/mol. The Kier molecular flexibility index (Phi) is 7.87. The fraction of sp³-hybridized carbons (Fsp3) is 0.250. The second-order valence-electron chi connectivity index (χ2n) is 3.22. The fourth-order valence-electron chi connectivity index (χ4n) is 1.30. The van der Waals surface area contributed by atoms with Crippen molar-refractivity contribution < 1.29 is 0 Å². The molecule has 1 aromatic carbocycles. The van der Waals surface area contributed by atoms with Gasteiger partial charge in [0.25, 0.3) is 0 Å². The highest BCUT2D eigenvalue weighted by Crippen LogP contribution is 2.16. The highest BCUT2D eigenvalue weighted by molar-refractivity contribution is 5.75. The van der Waals surface area contributed by atoms with E-state index in [1.807, 2.05) is 39.0 Å². The third-order valence-corrected chi connectivity index (χ3v) is 2.03. The topological polar surface area (TPSA) is 0 Å². The van der Waals surface area contributed by atoms with Gasteiger partial charge < -0.3 is 0 Å². The van der Waals surface area contributed by atoms with Gasteiger partial charge in [-0.25, -0.2) is 0 Å². The van der Waals surface area contributed by atoms with Crippen molar-refractivity contribution in [3.63, 3.8) is 0 Å². The molecule has 0 atom stereocenters. The van der Waals surface area contributed by atoms with Gasteiger partial charge in [-0.3, -0.25) is 0 Å². The first kappa shape index (κ1) is 14.4. The Bertz CT molecular complexity index is 350. The Hall–Kier alpha value is -1.56. The second kappa shape index (κ2) is 8.72. The van der Waals surface area contributed by atoms with Gasteiger partial charge in [-0.1, -0.05) is 74.6 Å². The molecule has 0 saturated carbocycles. The normalized spacial score (nSPS) is 10.9. The Labute approximate surface area is 100 Å². The van der Waals surface area contributed by atoms with E-state index >= 15 is 0 Å². The molecule has 0 spiro atoms. The van der Waals surface area contributed by atoms with Crippen LogP contribution in [0.3, 0.4) is 0 Å². The summed E-state index contributed by atoms with van der Waals surface area (Å²) in [6.45, 7) is 11.8. The molecule has 0 aliphatic heterocycles. The summed E-state index contributed by atoms with van der Waals surface area (Å²) in [4.78, 5) is 0. The number of benzene rings is 1. The van der Waals surface area contributed by atoms with Gasteiger partial charge in [0.1, 0.15) is 0 Å². The predicted octanol–water partition coefficient (Wildman–Crippen LogP) is 5.17. The van der Waals surface area contributed by atoms with Crippen molar-refractivity contribution >= 4 is 5.57 Å². The SMILES string of the molecule is C=C/C=C(\C=C/C)c1ccc(C)cc1.CC. The van der Waals surface area contributed by atoms with E-state index < -0.39 is 0 Å². The maximum absolute atomic E-state index is 3.72. The molecule has 0 bridgehead atoms. The van der Waals surface area contributed by atoms with E-state index in [2.05, 4.69) is 43.8 Å². The monoisotopic (exact) mass is 214 g/mol. The first-order valence-electron chi connectivity index (χ1n) is 5.80. The van der Waals surface area contributed by atoms with Gasteiger partial charge in [-0.05, 0) is 25.0 Å². The summed E-state index contributed by atoms with van der Waals surface area (Å²) in [5, 5.41) is 0. The predicted molar refractivity (Wildman–Crippen MR) is 75.5 cm³/mol. The maximum atomic E-state index is 3.72. The molecule has 0 unspecified atom stereocenters. The van der Waals surface area contributed by atoms with Crippen LogP contribution < -0.4 is 0 Å². The summed E-state index contributed by atoms with van der Waals surface area (Å²) in [6, 6.07) is 8.50. The molecule has 0 N–H and O–H groups in total. The third-order valence-electron chi connectivity index (χ3n) is 2.03. The average molecular weight is 214 g/mol. The van der Waals surface area contributed by atoms with Crippen LogP contribution in [0.1, 0.15) is 31.9 Å². The summed E-state index contributed by atoms with van der Waals surface area (Å²) in [7, 11) is 0. The molecule has 86 valence electrons. The van der Waals surface area contributed by atoms with Crippen LogP contribution in [-0.2, 0) is 0 Å². The van der Waals surface area contributed by atoms with E-state index in [4.69, 9.17) is 0 Å². The third kappa shape index (κ3) is 4.79. The number of aryl methyl sites for hydroxylation is 1. The highest BCUT2D eigenvalue weighted by Gasteiger charge is 1.95. The van der Waals surface area contributed by atoms with Crippen molar-refractivity contribution in [2.24, 2.45) is 0 Å². The minimum atomic E-state index is 1.20. The van der Waals surface area contributed by atoms with Gasteiger partial charge in [0.05, 0.1) is 0 Å². The second-order valence-corrected chi connectivity index (χ2v) is 3.22. The molecule has 0 amide bonds. The van der Waals surface area contributed by atoms with Gasteiger partial charge in [-0.15, -0.1) is 0 Å². The Balaban J connectivity index is 0.00000106. The molecule has 0 aliphatic carbocycles. The Morgan fingerprint density at radius 1 is 1.12 bits per heavy atom. The number of hydrogen-bond acceptors (Lipinski definition) is 0. The van der Waals surface area contributed by atoms with Gasteiger partial charge >= 0.3 is 0 Å². The lowest BCUT2D eigenvalue weighted by molar-refractivity contribution is 1.45. The lowest BCUT2D eigenvalue weighted by atomic mass is 10.0. The number of allylic oxidation sites excluding steroid dienone is 5. The molecule has 16 heavy (non-hydrogen) atoms. The van der Waals surface area contributed by atoms with Crippen LogP contribution in [0.25, 0.3) is 5.57 Å². The summed E-state index contributed by atoms with van der Waals surface area (Å²) < 4.78 is 0. The molecule has 0 aromatic heterocycles. The molecule has 0 fully saturated rings. The first-order chi connectivity index (χ1) is 7.77. The van der Waals surface area contributed by atoms with E-state index in [9.17, 15) is 0 Å². The molecule has 0 saturated heterocycles. The van der Waals surface area contributed by atoms with Crippen LogP contribution >= 0.6 is 0 Å². The van der Waals surface area contributed by atoms with Gasteiger partial charge in [0.15, 0.2) is 0 Å². The van der Waals surface area contributed by atoms with Crippen molar-refractivity contribution in [1.82, 2.24) is 0 Å². The van der Waals surface area contributed by atoms with Gasteiger partial charge in [0.2, 0.25) is 0 Å². The van der Waals surface area contributed by atoms with E-state index in [-0.39, 0.29) is 0 Å². The van der Waals surface area contributed by atoms with Crippen LogP contribution in [0.2, 0.25) is 0 Å². The van der Waals surface area contributed by atoms with Crippen LogP contribution in [0, 0.1) is 6.92 Å². The van der Waals surface area contributed by atoms with Crippen LogP contribution in [0.15, 0.2) is 55.1 Å². The first-order valence-corrected chi connectivity index (χ1v) is 5.80. The number of rotatable bonds is 3. The van der Waals surface area contributed by atoms with Crippen LogP contribution in [-0.4, -0.2) is 0 Å². The molecule has 1 rings (SSSR count). The molecule has 1 aromatic rings. The fourth-order valence-corrected chi connectivity index (χ4v) is 1.30. The molecule has 0 nitrogen and oxygen atoms in total. The van der Waals surface area contributed by atoms with E-state index in [0.29, 0.717) is 0 Å². The lowest BCUT2D eigenvalue weighted by Gasteiger charge is -2.02. The highest BCUT2D eigenvalue weighted by atomic mass is 14.0. The quantitative estimate of drug-likeness (QED) is 0.609. The summed E-state index contributed by atoms with van der Waals surface area (Å²) in [5.41, 5.74) is 3.71. The Morgan fingerprint density at radius 3 is 2.12 bits per heavy atom. The minimum absolute atomic E-state index is 1.20. The average Bonchev–Trinajstić information content (AvgIpc) is 2.32. The lowest BCUT2D eigenvalue weighted by Crippen LogP contribution is -1.80. The zero-order valence-corrected chi connectivity index (χ0v) is 10.8. The van der Waals surface area contributed by atoms with E-state index in [1.165, 1.54) is 16.7 Å². The van der Waals surface area contributed by atoms with Crippen molar-refractivity contribution in [3.8, 4) is 0 Å². The smallest absolute Gasteiger partial charge is 0.0184 e. The largest absolute Gasteiger partial charge is 0.0990 e.